The summed E-state index contributed by atoms with van der Waals surface area (Å²) in [6, 6.07) is 16.6. The second kappa shape index (κ2) is 8.37. The van der Waals surface area contributed by atoms with Crippen molar-refractivity contribution < 1.29 is 19.4 Å². The Labute approximate surface area is 166 Å². The highest BCUT2D eigenvalue weighted by molar-refractivity contribution is 8.26. The normalized spacial score (nSPS) is 16.6. The molecule has 0 aromatic heterocycles. The molecule has 3 rings (SSSR count). The largest absolute Gasteiger partial charge is 0.479 e. The number of carbonyl (C=O) groups is 2. The smallest absolute Gasteiger partial charge is 0.344 e. The maximum atomic E-state index is 12.8. The molecule has 1 unspecified atom stereocenters. The summed E-state index contributed by atoms with van der Waals surface area (Å²) in [6.07, 6.45) is 0.695. The zero-order chi connectivity index (χ0) is 19.4. The van der Waals surface area contributed by atoms with Crippen molar-refractivity contribution in [3.8, 4) is 5.75 Å². The summed E-state index contributed by atoms with van der Waals surface area (Å²) in [4.78, 5) is 25.9. The molecule has 7 heteroatoms. The van der Waals surface area contributed by atoms with E-state index in [-0.39, 0.29) is 5.91 Å². The first-order valence-corrected chi connectivity index (χ1v) is 9.46. The Hall–Kier alpha value is -2.64. The third kappa shape index (κ3) is 4.56. The van der Waals surface area contributed by atoms with Crippen LogP contribution in [-0.2, 0) is 16.1 Å². The second-order valence-corrected chi connectivity index (χ2v) is 7.57. The van der Waals surface area contributed by atoms with E-state index in [1.807, 2.05) is 30.3 Å². The fourth-order valence-electron chi connectivity index (χ4n) is 2.49. The van der Waals surface area contributed by atoms with E-state index in [1.165, 1.54) is 18.7 Å². The van der Waals surface area contributed by atoms with Crippen molar-refractivity contribution in [3.05, 3.63) is 70.6 Å². The molecule has 0 saturated carbocycles. The number of thiocarbonyl (C=S) groups is 1. The number of rotatable bonds is 6. The molecule has 0 radical (unpaired) electrons. The zero-order valence-corrected chi connectivity index (χ0v) is 16.1. The summed E-state index contributed by atoms with van der Waals surface area (Å²) in [6.45, 7) is 1.87. The van der Waals surface area contributed by atoms with Gasteiger partial charge in [0.05, 0.1) is 11.4 Å². The van der Waals surface area contributed by atoms with Crippen LogP contribution in [0, 0.1) is 0 Å². The van der Waals surface area contributed by atoms with Gasteiger partial charge >= 0.3 is 5.97 Å². The molecule has 1 N–H and O–H groups in total. The van der Waals surface area contributed by atoms with Crippen molar-refractivity contribution in [1.82, 2.24) is 4.90 Å². The van der Waals surface area contributed by atoms with Gasteiger partial charge in [-0.25, -0.2) is 4.79 Å². The van der Waals surface area contributed by atoms with Gasteiger partial charge in [-0.1, -0.05) is 72.5 Å². The van der Waals surface area contributed by atoms with Crippen LogP contribution >= 0.6 is 24.0 Å². The average Bonchev–Trinajstić information content (AvgIpc) is 2.91. The van der Waals surface area contributed by atoms with E-state index in [0.717, 1.165) is 5.56 Å². The van der Waals surface area contributed by atoms with Gasteiger partial charge in [-0.2, -0.15) is 0 Å². The molecule has 0 aliphatic carbocycles. The fraction of sp³-hybridized carbons (Fsp3) is 0.150. The lowest BCUT2D eigenvalue weighted by molar-refractivity contribution is -0.144. The number of thioether (sulfide) groups is 1. The summed E-state index contributed by atoms with van der Waals surface area (Å²) in [5.41, 5.74) is 1.62. The summed E-state index contributed by atoms with van der Waals surface area (Å²) in [7, 11) is 0. The van der Waals surface area contributed by atoms with E-state index in [2.05, 4.69) is 0 Å². The number of ether oxygens (including phenoxy) is 1. The first-order chi connectivity index (χ1) is 13.0. The first-order valence-electron chi connectivity index (χ1n) is 8.23. The number of para-hydroxylation sites is 1. The van der Waals surface area contributed by atoms with Crippen molar-refractivity contribution in [1.29, 1.82) is 0 Å². The molecule has 27 heavy (non-hydrogen) atoms. The number of hydrogen-bond acceptors (Lipinski definition) is 5. The molecule has 0 bridgehead atoms. The molecule has 138 valence electrons. The van der Waals surface area contributed by atoms with Crippen LogP contribution in [0.3, 0.4) is 0 Å². The number of carbonyl (C=O) groups excluding carboxylic acids is 1. The Kier molecular flexibility index (Phi) is 5.93. The van der Waals surface area contributed by atoms with E-state index >= 15 is 0 Å². The Balaban J connectivity index is 1.83. The van der Waals surface area contributed by atoms with Crippen molar-refractivity contribution in [2.45, 2.75) is 19.6 Å². The highest BCUT2D eigenvalue weighted by Gasteiger charge is 2.32. The molecule has 1 amide bonds. The standard InChI is InChI=1S/C20H17NO4S2/c1-13(19(23)24)25-16-10-6-5-9-15(16)11-17-18(22)21(20(26)27-17)12-14-7-3-2-4-8-14/h2-11,13H,12H2,1H3,(H,23,24)/b17-11+. The molecule has 2 aromatic carbocycles. The topological polar surface area (TPSA) is 66.8 Å². The maximum Gasteiger partial charge on any atom is 0.344 e. The van der Waals surface area contributed by atoms with Crippen LogP contribution in [0.25, 0.3) is 6.08 Å². The van der Waals surface area contributed by atoms with Crippen LogP contribution < -0.4 is 4.74 Å². The van der Waals surface area contributed by atoms with Gasteiger partial charge in [0, 0.05) is 5.56 Å². The van der Waals surface area contributed by atoms with Crippen LogP contribution in [0.4, 0.5) is 0 Å². The molecule has 1 saturated heterocycles. The quantitative estimate of drug-likeness (QED) is 0.586. The molecule has 5 nitrogen and oxygen atoms in total. The number of nitrogens with zero attached hydrogens (tertiary/aromatic N) is 1. The second-order valence-electron chi connectivity index (χ2n) is 5.89. The summed E-state index contributed by atoms with van der Waals surface area (Å²) >= 11 is 6.59. The molecule has 2 aromatic rings. The predicted molar refractivity (Wildman–Crippen MR) is 109 cm³/mol. The zero-order valence-electron chi connectivity index (χ0n) is 14.5. The van der Waals surface area contributed by atoms with Gasteiger partial charge in [-0.05, 0) is 24.6 Å². The Morgan fingerprint density at radius 2 is 1.89 bits per heavy atom. The van der Waals surface area contributed by atoms with Gasteiger partial charge in [0.2, 0.25) is 0 Å². The SMILES string of the molecule is CC(Oc1ccccc1/C=C1/SC(=S)N(Cc2ccccc2)C1=O)C(=O)O. The third-order valence-corrected chi connectivity index (χ3v) is 5.29. The summed E-state index contributed by atoms with van der Waals surface area (Å²) in [5.74, 6) is -0.824. The third-order valence-electron chi connectivity index (χ3n) is 3.91. The van der Waals surface area contributed by atoms with Crippen LogP contribution in [0.2, 0.25) is 0 Å². The summed E-state index contributed by atoms with van der Waals surface area (Å²) in [5, 5.41) is 9.05. The van der Waals surface area contributed by atoms with Crippen molar-refractivity contribution in [2.75, 3.05) is 0 Å². The van der Waals surface area contributed by atoms with Crippen LogP contribution in [0.15, 0.2) is 59.5 Å². The number of amides is 1. The van der Waals surface area contributed by atoms with Gasteiger partial charge < -0.3 is 9.84 Å². The lowest BCUT2D eigenvalue weighted by Gasteiger charge is -2.14. The Morgan fingerprint density at radius 3 is 2.59 bits per heavy atom. The monoisotopic (exact) mass is 399 g/mol. The van der Waals surface area contributed by atoms with E-state index < -0.39 is 12.1 Å². The summed E-state index contributed by atoms with van der Waals surface area (Å²) < 4.78 is 5.98. The van der Waals surface area contributed by atoms with Crippen molar-refractivity contribution >= 4 is 46.3 Å². The number of hydrogen-bond donors (Lipinski definition) is 1. The molecule has 1 heterocycles. The molecule has 1 fully saturated rings. The Bertz CT molecular complexity index is 911. The minimum Gasteiger partial charge on any atom is -0.479 e. The van der Waals surface area contributed by atoms with Gasteiger partial charge in [-0.3, -0.25) is 9.69 Å². The number of benzene rings is 2. The first kappa shape index (κ1) is 19.1. The molecule has 0 spiro atoms. The van der Waals surface area contributed by atoms with Crippen LogP contribution in [0.5, 0.6) is 5.75 Å². The van der Waals surface area contributed by atoms with Crippen LogP contribution in [0.1, 0.15) is 18.1 Å². The Morgan fingerprint density at radius 1 is 1.22 bits per heavy atom. The molecular weight excluding hydrogens is 382 g/mol. The van der Waals surface area contributed by atoms with E-state index in [4.69, 9.17) is 22.1 Å². The van der Waals surface area contributed by atoms with Gasteiger partial charge in [0.1, 0.15) is 10.1 Å². The minimum absolute atomic E-state index is 0.171. The van der Waals surface area contributed by atoms with Crippen LogP contribution in [-0.4, -0.2) is 32.3 Å². The van der Waals surface area contributed by atoms with E-state index in [0.29, 0.717) is 27.1 Å². The molecule has 1 aliphatic rings. The molecule has 1 aliphatic heterocycles. The molecular formula is C20H17NO4S2. The van der Waals surface area contributed by atoms with Crippen molar-refractivity contribution in [3.63, 3.8) is 0 Å². The van der Waals surface area contributed by atoms with Gasteiger partial charge in [0.25, 0.3) is 5.91 Å². The van der Waals surface area contributed by atoms with Crippen molar-refractivity contribution in [2.24, 2.45) is 0 Å². The van der Waals surface area contributed by atoms with E-state index in [1.54, 1.807) is 35.2 Å². The predicted octanol–water partition coefficient (Wildman–Crippen LogP) is 3.94. The molecule has 1 atom stereocenters. The number of aliphatic carboxylic acids is 1. The van der Waals surface area contributed by atoms with Gasteiger partial charge in [-0.15, -0.1) is 0 Å². The van der Waals surface area contributed by atoms with E-state index in [9.17, 15) is 9.59 Å². The number of carboxylic acid groups (broad SMARTS) is 1. The average molecular weight is 399 g/mol. The minimum atomic E-state index is -1.06. The lowest BCUT2D eigenvalue weighted by Crippen LogP contribution is -2.27. The fourth-order valence-corrected chi connectivity index (χ4v) is 3.74. The highest BCUT2D eigenvalue weighted by Crippen LogP contribution is 2.35. The number of carboxylic acids is 1. The van der Waals surface area contributed by atoms with Gasteiger partial charge in [0.15, 0.2) is 6.10 Å². The lowest BCUT2D eigenvalue weighted by atomic mass is 10.1. The highest BCUT2D eigenvalue weighted by atomic mass is 32.2. The maximum absolute atomic E-state index is 12.8.